The number of nitrogens with one attached hydrogen (secondary N) is 1. The summed E-state index contributed by atoms with van der Waals surface area (Å²) in [6, 6.07) is 11.6. The summed E-state index contributed by atoms with van der Waals surface area (Å²) in [5, 5.41) is 17.0. The molecule has 2 N–H and O–H groups in total. The summed E-state index contributed by atoms with van der Waals surface area (Å²) in [7, 11) is 1.66. The third kappa shape index (κ3) is 3.68. The summed E-state index contributed by atoms with van der Waals surface area (Å²) in [4.78, 5) is 0. The van der Waals surface area contributed by atoms with Crippen LogP contribution in [0.15, 0.2) is 36.4 Å². The van der Waals surface area contributed by atoms with Gasteiger partial charge in [-0.2, -0.15) is 0 Å². The van der Waals surface area contributed by atoms with E-state index in [1.165, 1.54) is 0 Å². The van der Waals surface area contributed by atoms with Gasteiger partial charge in [-0.1, -0.05) is 23.2 Å². The number of rotatable bonds is 7. The fourth-order valence-electron chi connectivity index (χ4n) is 2.96. The van der Waals surface area contributed by atoms with Crippen molar-refractivity contribution in [2.75, 3.05) is 26.8 Å². The standard InChI is InChI=1S/C18H20Cl2N2O2/c1-24-7-6-21-10-14(23)11-22-17-4-2-12(19)8-15(17)16-9-13(20)3-5-18(16)22/h2-5,8-9,14,21,23H,6-7,10-11H2,1H3/t14-/m1/s1. The molecule has 0 aliphatic heterocycles. The van der Waals surface area contributed by atoms with Crippen molar-refractivity contribution in [2.24, 2.45) is 0 Å². The average molecular weight is 367 g/mol. The second-order valence-corrected chi connectivity index (χ2v) is 6.66. The number of aliphatic hydroxyl groups excluding tert-OH is 1. The number of aromatic nitrogens is 1. The molecule has 0 saturated heterocycles. The SMILES string of the molecule is COCCNC[C@@H](O)Cn1c2ccc(Cl)cc2c2cc(Cl)ccc21. The zero-order valence-electron chi connectivity index (χ0n) is 13.4. The molecule has 0 unspecified atom stereocenters. The van der Waals surface area contributed by atoms with Gasteiger partial charge in [-0.05, 0) is 36.4 Å². The summed E-state index contributed by atoms with van der Waals surface area (Å²) in [6.07, 6.45) is -0.507. The van der Waals surface area contributed by atoms with Crippen molar-refractivity contribution in [1.82, 2.24) is 9.88 Å². The average Bonchev–Trinajstić information content (AvgIpc) is 2.84. The van der Waals surface area contributed by atoms with Gasteiger partial charge in [-0.25, -0.2) is 0 Å². The smallest absolute Gasteiger partial charge is 0.0843 e. The number of ether oxygens (including phenoxy) is 1. The number of hydrogen-bond donors (Lipinski definition) is 2. The van der Waals surface area contributed by atoms with Crippen LogP contribution in [0.2, 0.25) is 10.0 Å². The van der Waals surface area contributed by atoms with Crippen molar-refractivity contribution in [1.29, 1.82) is 0 Å². The highest BCUT2D eigenvalue weighted by atomic mass is 35.5. The Kier molecular flexibility index (Phi) is 5.64. The first-order valence-electron chi connectivity index (χ1n) is 7.85. The van der Waals surface area contributed by atoms with Crippen molar-refractivity contribution in [3.8, 4) is 0 Å². The second-order valence-electron chi connectivity index (χ2n) is 5.78. The molecule has 1 atom stereocenters. The van der Waals surface area contributed by atoms with Gasteiger partial charge in [0.25, 0.3) is 0 Å². The molecule has 3 aromatic rings. The van der Waals surface area contributed by atoms with Crippen LogP contribution in [0.25, 0.3) is 21.8 Å². The van der Waals surface area contributed by atoms with E-state index >= 15 is 0 Å². The van der Waals surface area contributed by atoms with Crippen LogP contribution in [0.5, 0.6) is 0 Å². The lowest BCUT2D eigenvalue weighted by molar-refractivity contribution is 0.146. The van der Waals surface area contributed by atoms with Crippen LogP contribution >= 0.6 is 23.2 Å². The fourth-order valence-corrected chi connectivity index (χ4v) is 3.31. The van der Waals surface area contributed by atoms with E-state index < -0.39 is 6.10 Å². The molecule has 3 rings (SSSR count). The topological polar surface area (TPSA) is 46.4 Å². The number of methoxy groups -OCH3 is 1. The van der Waals surface area contributed by atoms with Crippen molar-refractivity contribution in [3.63, 3.8) is 0 Å². The lowest BCUT2D eigenvalue weighted by Gasteiger charge is -2.15. The highest BCUT2D eigenvalue weighted by Gasteiger charge is 2.14. The molecule has 0 fully saturated rings. The lowest BCUT2D eigenvalue weighted by atomic mass is 10.1. The van der Waals surface area contributed by atoms with Crippen LogP contribution < -0.4 is 5.32 Å². The zero-order valence-corrected chi connectivity index (χ0v) is 14.9. The number of fused-ring (bicyclic) bond motifs is 3. The van der Waals surface area contributed by atoms with Gasteiger partial charge < -0.3 is 19.7 Å². The molecule has 0 bridgehead atoms. The third-order valence-corrected chi connectivity index (χ3v) is 4.52. The van der Waals surface area contributed by atoms with Crippen LogP contribution in [-0.2, 0) is 11.3 Å². The third-order valence-electron chi connectivity index (χ3n) is 4.05. The molecule has 128 valence electrons. The van der Waals surface area contributed by atoms with Gasteiger partial charge in [0, 0.05) is 52.1 Å². The van der Waals surface area contributed by atoms with E-state index in [1.807, 2.05) is 36.4 Å². The molecule has 6 heteroatoms. The van der Waals surface area contributed by atoms with Crippen molar-refractivity contribution in [2.45, 2.75) is 12.6 Å². The van der Waals surface area contributed by atoms with Gasteiger partial charge in [0.1, 0.15) is 0 Å². The van der Waals surface area contributed by atoms with E-state index in [0.29, 0.717) is 36.3 Å². The molecule has 1 aromatic heterocycles. The van der Waals surface area contributed by atoms with Crippen molar-refractivity contribution in [3.05, 3.63) is 46.4 Å². The molecule has 1 heterocycles. The van der Waals surface area contributed by atoms with E-state index in [1.54, 1.807) is 7.11 Å². The van der Waals surface area contributed by atoms with Crippen molar-refractivity contribution < 1.29 is 9.84 Å². The molecular weight excluding hydrogens is 347 g/mol. The normalized spacial score (nSPS) is 13.0. The number of benzene rings is 2. The fraction of sp³-hybridized carbons (Fsp3) is 0.333. The van der Waals surface area contributed by atoms with Gasteiger partial charge in [0.2, 0.25) is 0 Å². The van der Waals surface area contributed by atoms with E-state index in [9.17, 15) is 5.11 Å². The van der Waals surface area contributed by atoms with Gasteiger partial charge >= 0.3 is 0 Å². The zero-order chi connectivity index (χ0) is 17.1. The number of halogens is 2. The number of hydrogen-bond acceptors (Lipinski definition) is 3. The quantitative estimate of drug-likeness (QED) is 0.626. The predicted octanol–water partition coefficient (Wildman–Crippen LogP) is 3.70. The molecule has 4 nitrogen and oxygen atoms in total. The maximum Gasteiger partial charge on any atom is 0.0843 e. The number of nitrogens with zero attached hydrogens (tertiary/aromatic N) is 1. The Bertz CT molecular complexity index is 789. The summed E-state index contributed by atoms with van der Waals surface area (Å²) in [5.74, 6) is 0. The molecule has 0 aliphatic carbocycles. The van der Waals surface area contributed by atoms with E-state index in [4.69, 9.17) is 27.9 Å². The van der Waals surface area contributed by atoms with Gasteiger partial charge in [0.05, 0.1) is 19.3 Å². The Morgan fingerprint density at radius 3 is 2.21 bits per heavy atom. The van der Waals surface area contributed by atoms with Crippen molar-refractivity contribution >= 4 is 45.0 Å². The minimum absolute atomic E-state index is 0.489. The predicted molar refractivity (Wildman–Crippen MR) is 100 cm³/mol. The second kappa shape index (κ2) is 7.72. The van der Waals surface area contributed by atoms with Crippen LogP contribution in [0.1, 0.15) is 0 Å². The first-order valence-corrected chi connectivity index (χ1v) is 8.60. The highest BCUT2D eigenvalue weighted by Crippen LogP contribution is 2.32. The summed E-state index contributed by atoms with van der Waals surface area (Å²) >= 11 is 12.3. The molecule has 0 amide bonds. The Balaban J connectivity index is 1.93. The molecule has 0 aliphatic rings. The Hall–Kier alpha value is -1.30. The summed E-state index contributed by atoms with van der Waals surface area (Å²) in [6.45, 7) is 2.33. The largest absolute Gasteiger partial charge is 0.390 e. The summed E-state index contributed by atoms with van der Waals surface area (Å²) < 4.78 is 7.10. The maximum absolute atomic E-state index is 10.4. The molecular formula is C18H20Cl2N2O2. The first-order chi connectivity index (χ1) is 11.6. The Morgan fingerprint density at radius 2 is 1.67 bits per heavy atom. The molecule has 0 spiro atoms. The maximum atomic E-state index is 10.4. The Labute approximate surface area is 150 Å². The molecule has 0 radical (unpaired) electrons. The highest BCUT2D eigenvalue weighted by molar-refractivity contribution is 6.33. The van der Waals surface area contributed by atoms with Gasteiger partial charge in [0.15, 0.2) is 0 Å². The van der Waals surface area contributed by atoms with Gasteiger partial charge in [-0.3, -0.25) is 0 Å². The summed E-state index contributed by atoms with van der Waals surface area (Å²) in [5.41, 5.74) is 2.07. The molecule has 2 aromatic carbocycles. The minimum atomic E-state index is -0.507. The van der Waals surface area contributed by atoms with Crippen LogP contribution in [0.3, 0.4) is 0 Å². The van der Waals surface area contributed by atoms with Gasteiger partial charge in [-0.15, -0.1) is 0 Å². The lowest BCUT2D eigenvalue weighted by Crippen LogP contribution is -2.32. The Morgan fingerprint density at radius 1 is 1.08 bits per heavy atom. The van der Waals surface area contributed by atoms with Crippen LogP contribution in [0.4, 0.5) is 0 Å². The molecule has 24 heavy (non-hydrogen) atoms. The van der Waals surface area contributed by atoms with E-state index in [0.717, 1.165) is 21.8 Å². The van der Waals surface area contributed by atoms with E-state index in [-0.39, 0.29) is 0 Å². The minimum Gasteiger partial charge on any atom is -0.390 e. The monoisotopic (exact) mass is 366 g/mol. The molecule has 0 saturated carbocycles. The first kappa shape index (κ1) is 17.5. The number of aliphatic hydroxyl groups is 1. The van der Waals surface area contributed by atoms with Crippen LogP contribution in [-0.4, -0.2) is 42.6 Å². The van der Waals surface area contributed by atoms with E-state index in [2.05, 4.69) is 9.88 Å². The van der Waals surface area contributed by atoms with Crippen LogP contribution in [0, 0.1) is 0 Å².